The summed E-state index contributed by atoms with van der Waals surface area (Å²) in [5.41, 5.74) is -0.112. The van der Waals surface area contributed by atoms with Crippen molar-refractivity contribution in [2.75, 3.05) is 30.3 Å². The first kappa shape index (κ1) is 38.1. The molecular formula is C36H45ClFN7O5S. The van der Waals surface area contributed by atoms with Crippen LogP contribution >= 0.6 is 11.6 Å². The van der Waals surface area contributed by atoms with Gasteiger partial charge in [0, 0.05) is 31.2 Å². The summed E-state index contributed by atoms with van der Waals surface area (Å²) in [6, 6.07) is 7.38. The molecule has 0 spiro atoms. The van der Waals surface area contributed by atoms with Crippen molar-refractivity contribution >= 4 is 44.4 Å². The van der Waals surface area contributed by atoms with Crippen LogP contribution in [0.25, 0.3) is 28.0 Å². The number of carbonyl (C=O) groups excluding carboxylic acids is 1. The van der Waals surface area contributed by atoms with Gasteiger partial charge in [-0.1, -0.05) is 58.4 Å². The molecular weight excluding hydrogens is 697 g/mol. The smallest absolute Gasteiger partial charge is 0.410 e. The third kappa shape index (κ3) is 7.71. The first-order chi connectivity index (χ1) is 23.8. The molecule has 4 aromatic rings. The van der Waals surface area contributed by atoms with Gasteiger partial charge in [0.15, 0.2) is 5.65 Å². The number of aromatic nitrogens is 5. The van der Waals surface area contributed by atoms with E-state index >= 15 is 4.39 Å². The number of nitrogens with zero attached hydrogens (tertiary/aromatic N) is 7. The van der Waals surface area contributed by atoms with E-state index in [4.69, 9.17) is 21.3 Å². The number of pyridine rings is 1. The number of ether oxygens (including phenoxy) is 1. The summed E-state index contributed by atoms with van der Waals surface area (Å²) in [4.78, 5) is 49.5. The number of anilines is 1. The summed E-state index contributed by atoms with van der Waals surface area (Å²) in [5, 5.41) is 0.220. The standard InChI is InChI=1S/C36H45ClFN7O5S/c1-10-17-51(48,49)33-40-27(20(2)3)30(28(41-33)21(4)5)45-32-24(18-25(37)29(39-32)23-13-11-12-14-26(23)38)31(42-34(45)46)44-16-15-43(19-22(44)6)35(47)50-36(7,8)9/h11-14,18,20-22H,10,15-17,19H2,1-9H3/t22-/m0/s1. The van der Waals surface area contributed by atoms with E-state index in [1.165, 1.54) is 10.6 Å². The predicted molar refractivity (Wildman–Crippen MR) is 196 cm³/mol. The molecule has 1 aromatic carbocycles. The van der Waals surface area contributed by atoms with Gasteiger partial charge in [0.05, 0.1) is 38.9 Å². The number of fused-ring (bicyclic) bond motifs is 1. The van der Waals surface area contributed by atoms with E-state index in [0.717, 1.165) is 0 Å². The SMILES string of the molecule is CCCS(=O)(=O)c1nc(C(C)C)c(-n2c(=O)nc(N3CCN(C(=O)OC(C)(C)C)C[C@@H]3C)c3cc(Cl)c(-c4ccccc4F)nc32)c(C(C)C)n1. The van der Waals surface area contributed by atoms with Gasteiger partial charge in [0.25, 0.3) is 0 Å². The molecule has 0 unspecified atom stereocenters. The average Bonchev–Trinajstić information content (AvgIpc) is 3.03. The van der Waals surface area contributed by atoms with Crippen LogP contribution in [0.5, 0.6) is 0 Å². The summed E-state index contributed by atoms with van der Waals surface area (Å²) >= 11 is 6.86. The van der Waals surface area contributed by atoms with E-state index in [0.29, 0.717) is 42.8 Å². The van der Waals surface area contributed by atoms with Gasteiger partial charge in [0.2, 0.25) is 15.0 Å². The van der Waals surface area contributed by atoms with Gasteiger partial charge in [-0.3, -0.25) is 0 Å². The van der Waals surface area contributed by atoms with Crippen LogP contribution in [0.15, 0.2) is 40.3 Å². The third-order valence-corrected chi connectivity index (χ3v) is 10.4. The minimum Gasteiger partial charge on any atom is -0.444 e. The minimum atomic E-state index is -3.82. The maximum absolute atomic E-state index is 15.2. The van der Waals surface area contributed by atoms with E-state index in [-0.39, 0.29) is 62.2 Å². The molecule has 1 aliphatic heterocycles. The molecule has 3 aromatic heterocycles. The Hall–Kier alpha value is -4.17. The maximum Gasteiger partial charge on any atom is 0.410 e. The second-order valence-corrected chi connectivity index (χ2v) is 16.9. The Balaban J connectivity index is 1.81. The Morgan fingerprint density at radius 2 is 1.67 bits per heavy atom. The van der Waals surface area contributed by atoms with Gasteiger partial charge in [-0.2, -0.15) is 4.98 Å². The molecule has 274 valence electrons. The zero-order chi connectivity index (χ0) is 37.6. The fraction of sp³-hybridized carbons (Fsp3) is 0.500. The van der Waals surface area contributed by atoms with Crippen molar-refractivity contribution in [2.45, 2.75) is 97.4 Å². The quantitative estimate of drug-likeness (QED) is 0.175. The molecule has 1 saturated heterocycles. The Morgan fingerprint density at radius 3 is 2.22 bits per heavy atom. The highest BCUT2D eigenvalue weighted by molar-refractivity contribution is 7.91. The first-order valence-corrected chi connectivity index (χ1v) is 19.1. The Bertz CT molecular complexity index is 2120. The largest absolute Gasteiger partial charge is 0.444 e. The number of piperazine rings is 1. The van der Waals surface area contributed by atoms with Crippen LogP contribution in [0, 0.1) is 5.82 Å². The normalized spacial score (nSPS) is 15.7. The van der Waals surface area contributed by atoms with E-state index in [2.05, 4.69) is 15.0 Å². The number of sulfone groups is 1. The number of hydrogen-bond acceptors (Lipinski definition) is 10. The number of amides is 1. The van der Waals surface area contributed by atoms with Gasteiger partial charge in [-0.25, -0.2) is 41.9 Å². The monoisotopic (exact) mass is 741 g/mol. The van der Waals surface area contributed by atoms with Crippen LogP contribution < -0.4 is 10.6 Å². The van der Waals surface area contributed by atoms with Crippen LogP contribution in [0.2, 0.25) is 5.02 Å². The molecule has 1 atom stereocenters. The number of rotatable bonds is 8. The fourth-order valence-electron chi connectivity index (χ4n) is 6.13. The molecule has 1 aliphatic rings. The van der Waals surface area contributed by atoms with E-state index in [9.17, 15) is 18.0 Å². The van der Waals surface area contributed by atoms with Crippen molar-refractivity contribution in [3.8, 4) is 16.9 Å². The molecule has 12 nitrogen and oxygen atoms in total. The lowest BCUT2D eigenvalue weighted by atomic mass is 10.0. The summed E-state index contributed by atoms with van der Waals surface area (Å²) in [5.74, 6) is -1.10. The van der Waals surface area contributed by atoms with Crippen molar-refractivity contribution in [2.24, 2.45) is 0 Å². The lowest BCUT2D eigenvalue weighted by Gasteiger charge is -2.41. The molecule has 15 heteroatoms. The van der Waals surface area contributed by atoms with Crippen molar-refractivity contribution in [3.05, 3.63) is 63.0 Å². The Labute approximate surface area is 303 Å². The lowest BCUT2D eigenvalue weighted by Crippen LogP contribution is -2.55. The molecule has 1 amide bonds. The Kier molecular flexibility index (Phi) is 10.8. The van der Waals surface area contributed by atoms with Gasteiger partial charge >= 0.3 is 11.8 Å². The van der Waals surface area contributed by atoms with Gasteiger partial charge < -0.3 is 14.5 Å². The summed E-state index contributed by atoms with van der Waals surface area (Å²) in [6.45, 7) is 17.4. The van der Waals surface area contributed by atoms with Crippen LogP contribution in [0.3, 0.4) is 0 Å². The Morgan fingerprint density at radius 1 is 1.04 bits per heavy atom. The zero-order valence-electron chi connectivity index (χ0n) is 30.5. The van der Waals surface area contributed by atoms with E-state index in [1.807, 2.05) is 39.5 Å². The average molecular weight is 742 g/mol. The van der Waals surface area contributed by atoms with Gasteiger partial charge in [-0.05, 0) is 64.2 Å². The second-order valence-electron chi connectivity index (χ2n) is 14.4. The molecule has 4 heterocycles. The van der Waals surface area contributed by atoms with Crippen molar-refractivity contribution in [1.29, 1.82) is 0 Å². The number of carbonyl (C=O) groups is 1. The number of benzene rings is 1. The van der Waals surface area contributed by atoms with Crippen LogP contribution in [0.1, 0.15) is 92.0 Å². The molecule has 0 radical (unpaired) electrons. The van der Waals surface area contributed by atoms with Crippen LogP contribution in [-0.4, -0.2) is 80.9 Å². The molecule has 0 N–H and O–H groups in total. The highest BCUT2D eigenvalue weighted by Gasteiger charge is 2.34. The predicted octanol–water partition coefficient (Wildman–Crippen LogP) is 6.91. The molecule has 0 saturated carbocycles. The van der Waals surface area contributed by atoms with Crippen LogP contribution in [-0.2, 0) is 14.6 Å². The molecule has 0 bridgehead atoms. The minimum absolute atomic E-state index is 0.107. The fourth-order valence-corrected chi connectivity index (χ4v) is 7.58. The first-order valence-electron chi connectivity index (χ1n) is 17.1. The highest BCUT2D eigenvalue weighted by Crippen LogP contribution is 2.37. The number of hydrogen-bond donors (Lipinski definition) is 0. The van der Waals surface area contributed by atoms with Crippen molar-refractivity contribution < 1.29 is 22.3 Å². The molecule has 1 fully saturated rings. The van der Waals surface area contributed by atoms with E-state index in [1.54, 1.807) is 56.9 Å². The summed E-state index contributed by atoms with van der Waals surface area (Å²) < 4.78 is 48.6. The van der Waals surface area contributed by atoms with E-state index < -0.39 is 33.0 Å². The number of halogens is 2. The lowest BCUT2D eigenvalue weighted by molar-refractivity contribution is 0.0218. The van der Waals surface area contributed by atoms with Crippen LogP contribution in [0.4, 0.5) is 15.0 Å². The molecule has 51 heavy (non-hydrogen) atoms. The second kappa shape index (κ2) is 14.5. The topological polar surface area (TPSA) is 140 Å². The summed E-state index contributed by atoms with van der Waals surface area (Å²) in [6.07, 6.45) is -0.0569. The highest BCUT2D eigenvalue weighted by atomic mass is 35.5. The van der Waals surface area contributed by atoms with Crippen molar-refractivity contribution in [3.63, 3.8) is 0 Å². The maximum atomic E-state index is 15.2. The summed E-state index contributed by atoms with van der Waals surface area (Å²) in [7, 11) is -3.82. The van der Waals surface area contributed by atoms with Gasteiger partial charge in [0.1, 0.15) is 17.2 Å². The molecule has 5 rings (SSSR count). The van der Waals surface area contributed by atoms with Gasteiger partial charge in [-0.15, -0.1) is 0 Å². The zero-order valence-corrected chi connectivity index (χ0v) is 32.1. The third-order valence-electron chi connectivity index (χ3n) is 8.47. The molecule has 0 aliphatic carbocycles. The van der Waals surface area contributed by atoms with Crippen molar-refractivity contribution in [1.82, 2.24) is 29.4 Å².